The van der Waals surface area contributed by atoms with E-state index in [-0.39, 0.29) is 35.9 Å². The topological polar surface area (TPSA) is 72.9 Å². The quantitative estimate of drug-likeness (QED) is 0.344. The van der Waals surface area contributed by atoms with Crippen LogP contribution in [-0.2, 0) is 25.5 Å². The summed E-state index contributed by atoms with van der Waals surface area (Å²) in [4.78, 5) is 12.5. The number of halogens is 3. The highest BCUT2D eigenvalue weighted by atomic mass is 79.9. The summed E-state index contributed by atoms with van der Waals surface area (Å²) in [5.41, 5.74) is 1.05. The molecule has 0 unspecified atom stereocenters. The smallest absolute Gasteiger partial charge is 0.382 e. The molecule has 0 bridgehead atoms. The van der Waals surface area contributed by atoms with E-state index < -0.39 is 27.5 Å². The summed E-state index contributed by atoms with van der Waals surface area (Å²) in [6.07, 6.45) is 1.77. The number of anilines is 1. The molecule has 1 aliphatic rings. The van der Waals surface area contributed by atoms with E-state index in [1.54, 1.807) is 18.2 Å². The number of hydrogen-bond acceptors (Lipinski definition) is 5. The predicted molar refractivity (Wildman–Crippen MR) is 140 cm³/mol. The SMILES string of the molecule is COc1ccc2c(c1)C(F)(F)C(=O)OCC/C(c1ccc(Br)cc1)=C\CN2S(=O)(=O)c1ccc(C)cc1. The lowest BCUT2D eigenvalue weighted by Crippen LogP contribution is -2.35. The minimum atomic E-state index is -4.32. The first-order valence-corrected chi connectivity index (χ1v) is 13.6. The van der Waals surface area contributed by atoms with E-state index in [0.29, 0.717) is 5.57 Å². The van der Waals surface area contributed by atoms with Gasteiger partial charge in [0.1, 0.15) is 5.75 Å². The summed E-state index contributed by atoms with van der Waals surface area (Å²) < 4.78 is 70.5. The fourth-order valence-electron chi connectivity index (χ4n) is 3.95. The van der Waals surface area contributed by atoms with E-state index in [2.05, 4.69) is 15.9 Å². The fraction of sp³-hybridized carbons (Fsp3) is 0.222. The van der Waals surface area contributed by atoms with Crippen LogP contribution in [0.15, 0.2) is 82.2 Å². The number of nitrogens with zero attached hydrogens (tertiary/aromatic N) is 1. The molecule has 0 N–H and O–H groups in total. The van der Waals surface area contributed by atoms with Crippen molar-refractivity contribution in [3.8, 4) is 5.75 Å². The van der Waals surface area contributed by atoms with Gasteiger partial charge < -0.3 is 9.47 Å². The molecule has 4 rings (SSSR count). The van der Waals surface area contributed by atoms with Gasteiger partial charge in [-0.2, -0.15) is 8.78 Å². The highest BCUT2D eigenvalue weighted by Crippen LogP contribution is 2.41. The molecule has 0 amide bonds. The van der Waals surface area contributed by atoms with Crippen molar-refractivity contribution in [3.63, 3.8) is 0 Å². The molecule has 37 heavy (non-hydrogen) atoms. The third-order valence-corrected chi connectivity index (χ3v) is 8.32. The van der Waals surface area contributed by atoms with Crippen molar-refractivity contribution in [2.75, 3.05) is 24.6 Å². The Morgan fingerprint density at radius 2 is 1.70 bits per heavy atom. The third kappa shape index (κ3) is 5.55. The minimum absolute atomic E-state index is 0.0416. The van der Waals surface area contributed by atoms with Crippen molar-refractivity contribution in [1.82, 2.24) is 0 Å². The van der Waals surface area contributed by atoms with E-state index in [1.807, 2.05) is 31.2 Å². The molecule has 0 aliphatic carbocycles. The average molecular weight is 592 g/mol. The summed E-state index contributed by atoms with van der Waals surface area (Å²) in [6, 6.07) is 16.9. The van der Waals surface area contributed by atoms with Crippen LogP contribution in [0.4, 0.5) is 14.5 Å². The van der Waals surface area contributed by atoms with E-state index in [4.69, 9.17) is 9.47 Å². The largest absolute Gasteiger partial charge is 0.497 e. The summed E-state index contributed by atoms with van der Waals surface area (Å²) in [5, 5.41) is 0. The molecule has 10 heteroatoms. The van der Waals surface area contributed by atoms with Crippen LogP contribution in [0.2, 0.25) is 0 Å². The van der Waals surface area contributed by atoms with Crippen molar-refractivity contribution < 1.29 is 31.5 Å². The molecule has 194 valence electrons. The number of hydrogen-bond donors (Lipinski definition) is 0. The van der Waals surface area contributed by atoms with Gasteiger partial charge in [-0.3, -0.25) is 4.31 Å². The van der Waals surface area contributed by atoms with Gasteiger partial charge in [-0.1, -0.05) is 51.8 Å². The second-order valence-electron chi connectivity index (χ2n) is 8.43. The highest BCUT2D eigenvalue weighted by Gasteiger charge is 2.47. The van der Waals surface area contributed by atoms with Crippen LogP contribution in [0, 0.1) is 6.92 Å². The number of carbonyl (C=O) groups is 1. The van der Waals surface area contributed by atoms with Crippen molar-refractivity contribution in [1.29, 1.82) is 0 Å². The number of rotatable bonds is 4. The van der Waals surface area contributed by atoms with Crippen LogP contribution < -0.4 is 9.04 Å². The Bertz CT molecular complexity index is 1440. The lowest BCUT2D eigenvalue weighted by Gasteiger charge is -2.28. The van der Waals surface area contributed by atoms with Gasteiger partial charge in [0.2, 0.25) is 0 Å². The van der Waals surface area contributed by atoms with Gasteiger partial charge in [0.25, 0.3) is 10.0 Å². The molecular weight excluding hydrogens is 568 g/mol. The Labute approximate surface area is 222 Å². The Balaban J connectivity index is 1.95. The molecule has 3 aromatic rings. The van der Waals surface area contributed by atoms with Crippen molar-refractivity contribution >= 4 is 43.2 Å². The Kier molecular flexibility index (Phi) is 7.70. The molecule has 1 aliphatic heterocycles. The molecule has 0 atom stereocenters. The molecule has 1 heterocycles. The summed E-state index contributed by atoms with van der Waals surface area (Å²) in [5.74, 6) is -5.86. The number of sulfonamides is 1. The van der Waals surface area contributed by atoms with Crippen LogP contribution in [0.5, 0.6) is 5.75 Å². The first kappa shape index (κ1) is 26.8. The van der Waals surface area contributed by atoms with Crippen LogP contribution in [0.1, 0.15) is 23.1 Å². The molecular formula is C27H24BrF2NO5S. The number of benzene rings is 3. The highest BCUT2D eigenvalue weighted by molar-refractivity contribution is 9.10. The van der Waals surface area contributed by atoms with Crippen molar-refractivity contribution in [2.45, 2.75) is 24.2 Å². The normalized spacial score (nSPS) is 17.6. The second kappa shape index (κ2) is 10.6. The van der Waals surface area contributed by atoms with Crippen LogP contribution in [0.25, 0.3) is 5.57 Å². The van der Waals surface area contributed by atoms with Gasteiger partial charge in [-0.15, -0.1) is 0 Å². The predicted octanol–water partition coefficient (Wildman–Crippen LogP) is 6.08. The number of esters is 1. The number of ether oxygens (including phenoxy) is 2. The Morgan fingerprint density at radius 3 is 2.35 bits per heavy atom. The Morgan fingerprint density at radius 1 is 1.03 bits per heavy atom. The monoisotopic (exact) mass is 591 g/mol. The first-order chi connectivity index (χ1) is 17.5. The third-order valence-electron chi connectivity index (χ3n) is 6.00. The molecule has 0 saturated carbocycles. The minimum Gasteiger partial charge on any atom is -0.497 e. The van der Waals surface area contributed by atoms with Gasteiger partial charge >= 0.3 is 11.9 Å². The summed E-state index contributed by atoms with van der Waals surface area (Å²) >= 11 is 3.38. The van der Waals surface area contributed by atoms with E-state index in [1.165, 1.54) is 31.4 Å². The molecule has 0 aromatic heterocycles. The number of methoxy groups -OCH3 is 1. The first-order valence-electron chi connectivity index (χ1n) is 11.3. The number of cyclic esters (lactones) is 1. The maximum absolute atomic E-state index is 15.5. The molecule has 3 aromatic carbocycles. The van der Waals surface area contributed by atoms with Gasteiger partial charge in [-0.05, 0) is 60.5 Å². The maximum atomic E-state index is 15.5. The fourth-order valence-corrected chi connectivity index (χ4v) is 5.64. The van der Waals surface area contributed by atoms with Gasteiger partial charge in [0, 0.05) is 10.9 Å². The number of aryl methyl sites for hydroxylation is 1. The van der Waals surface area contributed by atoms with Crippen molar-refractivity contribution in [2.24, 2.45) is 0 Å². The molecule has 0 radical (unpaired) electrons. The zero-order chi connectivity index (χ0) is 26.8. The summed E-state index contributed by atoms with van der Waals surface area (Å²) in [6.45, 7) is 1.25. The standard InChI is InChI=1S/C27H24BrF2NO5S/c1-18-3-10-23(11-4-18)37(33,34)31-15-13-20(19-5-7-21(28)8-6-19)14-16-36-26(32)27(29,30)24-17-22(35-2)9-12-25(24)31/h3-13,17H,14-16H2,1-2H3/b20-13+. The molecule has 0 spiro atoms. The number of carbonyl (C=O) groups excluding carboxylic acids is 1. The zero-order valence-corrected chi connectivity index (χ0v) is 22.5. The maximum Gasteiger partial charge on any atom is 0.382 e. The zero-order valence-electron chi connectivity index (χ0n) is 20.1. The van der Waals surface area contributed by atoms with Crippen molar-refractivity contribution in [3.05, 3.63) is 94.0 Å². The van der Waals surface area contributed by atoms with Crippen LogP contribution >= 0.6 is 15.9 Å². The average Bonchev–Trinajstić information content (AvgIpc) is 2.89. The second-order valence-corrected chi connectivity index (χ2v) is 11.2. The Hall–Kier alpha value is -3.24. The van der Waals surface area contributed by atoms with Gasteiger partial charge in [0.05, 0.1) is 36.4 Å². The number of fused-ring (bicyclic) bond motifs is 1. The van der Waals surface area contributed by atoms with E-state index in [0.717, 1.165) is 26.0 Å². The molecule has 0 fully saturated rings. The van der Waals surface area contributed by atoms with Gasteiger partial charge in [-0.25, -0.2) is 13.2 Å². The van der Waals surface area contributed by atoms with E-state index in [9.17, 15) is 13.2 Å². The molecule has 0 saturated heterocycles. The molecule has 6 nitrogen and oxygen atoms in total. The van der Waals surface area contributed by atoms with Crippen LogP contribution in [-0.4, -0.2) is 34.6 Å². The van der Waals surface area contributed by atoms with Crippen LogP contribution in [0.3, 0.4) is 0 Å². The number of alkyl halides is 2. The van der Waals surface area contributed by atoms with Gasteiger partial charge in [0.15, 0.2) is 0 Å². The lowest BCUT2D eigenvalue weighted by molar-refractivity contribution is -0.173. The van der Waals surface area contributed by atoms with E-state index >= 15 is 8.78 Å². The summed E-state index contributed by atoms with van der Waals surface area (Å²) in [7, 11) is -3.03. The lowest BCUT2D eigenvalue weighted by atomic mass is 10.0.